The summed E-state index contributed by atoms with van der Waals surface area (Å²) in [6.07, 6.45) is 2.35. The Morgan fingerprint density at radius 3 is 2.88 bits per heavy atom. The van der Waals surface area contributed by atoms with Gasteiger partial charge in [-0.2, -0.15) is 0 Å². The van der Waals surface area contributed by atoms with Crippen molar-refractivity contribution in [1.82, 2.24) is 15.1 Å². The zero-order valence-electron chi connectivity index (χ0n) is 10.0. The van der Waals surface area contributed by atoms with Gasteiger partial charge in [-0.25, -0.2) is 0 Å². The third-order valence-corrected chi connectivity index (χ3v) is 3.42. The van der Waals surface area contributed by atoms with Crippen molar-refractivity contribution in [2.45, 2.75) is 18.9 Å². The molecule has 94 valence electrons. The van der Waals surface area contributed by atoms with Gasteiger partial charge in [-0.15, -0.1) is 10.2 Å². The van der Waals surface area contributed by atoms with Crippen LogP contribution in [0.3, 0.4) is 0 Å². The summed E-state index contributed by atoms with van der Waals surface area (Å²) >= 11 is 12.0. The highest BCUT2D eigenvalue weighted by Crippen LogP contribution is 2.31. The summed E-state index contributed by atoms with van der Waals surface area (Å²) in [6, 6.07) is 2.27. The van der Waals surface area contributed by atoms with Crippen LogP contribution in [0.2, 0.25) is 10.3 Å². The molecule has 0 radical (unpaired) electrons. The van der Waals surface area contributed by atoms with E-state index in [9.17, 15) is 0 Å². The van der Waals surface area contributed by atoms with Gasteiger partial charge in [0.25, 0.3) is 0 Å². The lowest BCUT2D eigenvalue weighted by Crippen LogP contribution is -2.37. The summed E-state index contributed by atoms with van der Waals surface area (Å²) in [5, 5.41) is 8.43. The standard InChI is InChI=1S/C11H16Cl2N4/c1-16(2)7-8-4-3-5-17(8)9-6-10(12)14-15-11(9)13/h6,8H,3-5,7H2,1-2H3. The van der Waals surface area contributed by atoms with Gasteiger partial charge in [0.05, 0.1) is 5.69 Å². The van der Waals surface area contributed by atoms with E-state index in [1.54, 1.807) is 6.07 Å². The normalized spacial score (nSPS) is 20.3. The fraction of sp³-hybridized carbons (Fsp3) is 0.636. The molecule has 4 nitrogen and oxygen atoms in total. The summed E-state index contributed by atoms with van der Waals surface area (Å²) < 4.78 is 0. The first kappa shape index (κ1) is 12.9. The van der Waals surface area contributed by atoms with Crippen LogP contribution in [0.5, 0.6) is 0 Å². The summed E-state index contributed by atoms with van der Waals surface area (Å²) in [6.45, 7) is 2.01. The molecule has 1 aliphatic heterocycles. The number of hydrogen-bond acceptors (Lipinski definition) is 4. The van der Waals surface area contributed by atoms with Crippen LogP contribution in [0.15, 0.2) is 6.07 Å². The van der Waals surface area contributed by atoms with Crippen LogP contribution >= 0.6 is 23.2 Å². The molecule has 1 unspecified atom stereocenters. The molecule has 1 saturated heterocycles. The minimum Gasteiger partial charge on any atom is -0.365 e. The molecule has 0 aliphatic carbocycles. The monoisotopic (exact) mass is 274 g/mol. The highest BCUT2D eigenvalue weighted by molar-refractivity contribution is 6.33. The summed E-state index contributed by atoms with van der Waals surface area (Å²) in [5.74, 6) is 0. The molecule has 17 heavy (non-hydrogen) atoms. The van der Waals surface area contributed by atoms with Crippen LogP contribution in [-0.4, -0.2) is 48.3 Å². The second kappa shape index (κ2) is 5.38. The third kappa shape index (κ3) is 3.00. The van der Waals surface area contributed by atoms with Crippen molar-refractivity contribution in [1.29, 1.82) is 0 Å². The van der Waals surface area contributed by atoms with Gasteiger partial charge in [-0.05, 0) is 26.9 Å². The number of halogens is 2. The zero-order valence-corrected chi connectivity index (χ0v) is 11.5. The lowest BCUT2D eigenvalue weighted by molar-refractivity contribution is 0.372. The van der Waals surface area contributed by atoms with E-state index in [-0.39, 0.29) is 0 Å². The maximum atomic E-state index is 6.09. The number of rotatable bonds is 3. The smallest absolute Gasteiger partial charge is 0.175 e. The molecule has 1 fully saturated rings. The number of aromatic nitrogens is 2. The predicted octanol–water partition coefficient (Wildman–Crippen LogP) is 2.31. The molecule has 0 amide bonds. The fourth-order valence-corrected chi connectivity index (χ4v) is 2.65. The van der Waals surface area contributed by atoms with Gasteiger partial charge in [-0.3, -0.25) is 0 Å². The Morgan fingerprint density at radius 1 is 1.41 bits per heavy atom. The minimum absolute atomic E-state index is 0.389. The highest BCUT2D eigenvalue weighted by atomic mass is 35.5. The number of anilines is 1. The molecule has 2 heterocycles. The third-order valence-electron chi connectivity index (χ3n) is 2.96. The first-order chi connectivity index (χ1) is 8.08. The van der Waals surface area contributed by atoms with E-state index < -0.39 is 0 Å². The minimum atomic E-state index is 0.389. The van der Waals surface area contributed by atoms with Crippen LogP contribution in [0, 0.1) is 0 Å². The van der Waals surface area contributed by atoms with Gasteiger partial charge >= 0.3 is 0 Å². The van der Waals surface area contributed by atoms with Crippen LogP contribution < -0.4 is 4.90 Å². The molecule has 1 atom stereocenters. The lowest BCUT2D eigenvalue weighted by atomic mass is 10.2. The fourth-order valence-electron chi connectivity index (χ4n) is 2.31. The average molecular weight is 275 g/mol. The highest BCUT2D eigenvalue weighted by Gasteiger charge is 2.27. The van der Waals surface area contributed by atoms with Crippen molar-refractivity contribution in [2.75, 3.05) is 32.1 Å². The molecule has 2 rings (SSSR count). The van der Waals surface area contributed by atoms with Gasteiger partial charge in [0, 0.05) is 25.2 Å². The maximum absolute atomic E-state index is 6.09. The maximum Gasteiger partial charge on any atom is 0.175 e. The predicted molar refractivity (Wildman–Crippen MR) is 71.0 cm³/mol. The van der Waals surface area contributed by atoms with E-state index in [4.69, 9.17) is 23.2 Å². The van der Waals surface area contributed by atoms with Gasteiger partial charge in [0.2, 0.25) is 0 Å². The van der Waals surface area contributed by atoms with Gasteiger partial charge in [0.15, 0.2) is 10.3 Å². The van der Waals surface area contributed by atoms with Crippen molar-refractivity contribution >= 4 is 28.9 Å². The van der Waals surface area contributed by atoms with Crippen LogP contribution in [0.25, 0.3) is 0 Å². The van der Waals surface area contributed by atoms with Gasteiger partial charge in [0.1, 0.15) is 0 Å². The Kier molecular flexibility index (Phi) is 4.07. The number of nitrogens with zero attached hydrogens (tertiary/aromatic N) is 4. The molecule has 0 aromatic carbocycles. The molecule has 0 spiro atoms. The molecule has 1 aromatic heterocycles. The Bertz CT molecular complexity index is 397. The van der Waals surface area contributed by atoms with E-state index in [2.05, 4.69) is 34.1 Å². The Hall–Kier alpha value is -0.580. The average Bonchev–Trinajstić information content (AvgIpc) is 2.69. The largest absolute Gasteiger partial charge is 0.365 e. The summed E-state index contributed by atoms with van der Waals surface area (Å²) in [4.78, 5) is 4.47. The van der Waals surface area contributed by atoms with Gasteiger partial charge < -0.3 is 9.80 Å². The van der Waals surface area contributed by atoms with Crippen LogP contribution in [0.1, 0.15) is 12.8 Å². The SMILES string of the molecule is CN(C)CC1CCCN1c1cc(Cl)nnc1Cl. The molecule has 1 aromatic rings. The van der Waals surface area contributed by atoms with Crippen molar-refractivity contribution < 1.29 is 0 Å². The zero-order chi connectivity index (χ0) is 12.4. The van der Waals surface area contributed by atoms with Crippen molar-refractivity contribution in [3.8, 4) is 0 Å². The molecule has 0 bridgehead atoms. The van der Waals surface area contributed by atoms with E-state index in [0.29, 0.717) is 16.3 Å². The van der Waals surface area contributed by atoms with E-state index in [0.717, 1.165) is 18.8 Å². The van der Waals surface area contributed by atoms with E-state index in [1.807, 2.05) is 0 Å². The molecule has 0 saturated carbocycles. The van der Waals surface area contributed by atoms with Crippen LogP contribution in [0.4, 0.5) is 5.69 Å². The lowest BCUT2D eigenvalue weighted by Gasteiger charge is -2.29. The molecule has 6 heteroatoms. The van der Waals surface area contributed by atoms with Crippen molar-refractivity contribution in [3.05, 3.63) is 16.4 Å². The van der Waals surface area contributed by atoms with E-state index in [1.165, 1.54) is 12.8 Å². The molecular formula is C11H16Cl2N4. The number of hydrogen-bond donors (Lipinski definition) is 0. The Balaban J connectivity index is 2.22. The summed E-state index contributed by atoms with van der Waals surface area (Å²) in [5.41, 5.74) is 0.899. The van der Waals surface area contributed by atoms with Crippen LogP contribution in [-0.2, 0) is 0 Å². The second-order valence-corrected chi connectivity index (χ2v) is 5.34. The van der Waals surface area contributed by atoms with E-state index >= 15 is 0 Å². The van der Waals surface area contributed by atoms with Crippen molar-refractivity contribution in [3.63, 3.8) is 0 Å². The molecular weight excluding hydrogens is 259 g/mol. The first-order valence-corrected chi connectivity index (χ1v) is 6.43. The molecule has 0 N–H and O–H groups in total. The first-order valence-electron chi connectivity index (χ1n) is 5.68. The van der Waals surface area contributed by atoms with Gasteiger partial charge in [-0.1, -0.05) is 23.2 Å². The topological polar surface area (TPSA) is 32.3 Å². The van der Waals surface area contributed by atoms with Crippen molar-refractivity contribution in [2.24, 2.45) is 0 Å². The summed E-state index contributed by atoms with van der Waals surface area (Å²) in [7, 11) is 4.16. The molecule has 1 aliphatic rings. The second-order valence-electron chi connectivity index (χ2n) is 4.59. The Labute approximate surface area is 112 Å². The Morgan fingerprint density at radius 2 is 2.18 bits per heavy atom. The quantitative estimate of drug-likeness (QED) is 0.847. The number of likely N-dealkylation sites (N-methyl/N-ethyl adjacent to an activating group) is 1.